The van der Waals surface area contributed by atoms with Crippen molar-refractivity contribution in [1.29, 1.82) is 0 Å². The van der Waals surface area contributed by atoms with Crippen LogP contribution >= 0.6 is 11.6 Å². The predicted molar refractivity (Wildman–Crippen MR) is 68.9 cm³/mol. The number of anilines is 1. The zero-order chi connectivity index (χ0) is 12.4. The van der Waals surface area contributed by atoms with Crippen molar-refractivity contribution in [2.75, 3.05) is 18.0 Å². The maximum absolute atomic E-state index is 11.1. The van der Waals surface area contributed by atoms with Crippen molar-refractivity contribution in [1.82, 2.24) is 0 Å². The quantitative estimate of drug-likeness (QED) is 0.900. The Morgan fingerprint density at radius 2 is 2.06 bits per heavy atom. The molecular weight excluding hydrogens is 238 g/mol. The molecule has 0 radical (unpaired) electrons. The number of aliphatic carboxylic acids is 1. The highest BCUT2D eigenvalue weighted by atomic mass is 35.5. The van der Waals surface area contributed by atoms with Crippen molar-refractivity contribution < 1.29 is 9.90 Å². The van der Waals surface area contributed by atoms with Gasteiger partial charge in [0.05, 0.1) is 5.92 Å². The van der Waals surface area contributed by atoms with Gasteiger partial charge in [-0.15, -0.1) is 0 Å². The molecule has 0 aromatic heterocycles. The van der Waals surface area contributed by atoms with Crippen LogP contribution in [0, 0.1) is 0 Å². The van der Waals surface area contributed by atoms with E-state index < -0.39 is 11.9 Å². The summed E-state index contributed by atoms with van der Waals surface area (Å²) in [4.78, 5) is 13.4. The van der Waals surface area contributed by atoms with Gasteiger partial charge in [-0.05, 0) is 31.9 Å². The van der Waals surface area contributed by atoms with Crippen molar-refractivity contribution >= 4 is 23.3 Å². The highest BCUT2D eigenvalue weighted by Gasteiger charge is 2.24. The lowest BCUT2D eigenvalue weighted by Gasteiger charge is -2.24. The third kappa shape index (κ3) is 2.39. The number of carboxylic acids is 1. The van der Waals surface area contributed by atoms with Gasteiger partial charge >= 0.3 is 5.97 Å². The summed E-state index contributed by atoms with van der Waals surface area (Å²) in [6.07, 6.45) is 2.32. The first kappa shape index (κ1) is 12.2. The Morgan fingerprint density at radius 3 is 2.65 bits per heavy atom. The summed E-state index contributed by atoms with van der Waals surface area (Å²) in [5.41, 5.74) is 1.72. The van der Waals surface area contributed by atoms with Crippen molar-refractivity contribution in [3.8, 4) is 0 Å². The molecule has 1 aromatic carbocycles. The van der Waals surface area contributed by atoms with Gasteiger partial charge < -0.3 is 10.0 Å². The molecule has 1 aliphatic rings. The molecule has 1 heterocycles. The second-order valence-electron chi connectivity index (χ2n) is 4.43. The highest BCUT2D eigenvalue weighted by molar-refractivity contribution is 6.32. The van der Waals surface area contributed by atoms with E-state index in [1.807, 2.05) is 12.1 Å². The maximum Gasteiger partial charge on any atom is 0.310 e. The first-order chi connectivity index (χ1) is 8.11. The third-order valence-corrected chi connectivity index (χ3v) is 3.61. The Labute approximate surface area is 106 Å². The Bertz CT molecular complexity index is 427. The van der Waals surface area contributed by atoms with Crippen molar-refractivity contribution in [2.45, 2.75) is 25.7 Å². The van der Waals surface area contributed by atoms with Gasteiger partial charge in [0.15, 0.2) is 0 Å². The summed E-state index contributed by atoms with van der Waals surface area (Å²) in [6.45, 7) is 3.66. The number of carbonyl (C=O) groups is 1. The zero-order valence-electron chi connectivity index (χ0n) is 9.82. The average molecular weight is 254 g/mol. The highest BCUT2D eigenvalue weighted by Crippen LogP contribution is 2.35. The first-order valence-electron chi connectivity index (χ1n) is 5.87. The molecule has 1 fully saturated rings. The smallest absolute Gasteiger partial charge is 0.310 e. The van der Waals surface area contributed by atoms with Crippen molar-refractivity contribution in [2.24, 2.45) is 0 Å². The normalized spacial score (nSPS) is 17.2. The average Bonchev–Trinajstić information content (AvgIpc) is 2.81. The number of hydrogen-bond donors (Lipinski definition) is 1. The van der Waals surface area contributed by atoms with Gasteiger partial charge in [-0.1, -0.05) is 17.7 Å². The Balaban J connectivity index is 2.43. The van der Waals surface area contributed by atoms with Gasteiger partial charge in [0.2, 0.25) is 0 Å². The molecule has 1 aromatic rings. The van der Waals surface area contributed by atoms with Gasteiger partial charge in [0, 0.05) is 29.4 Å². The number of benzene rings is 1. The van der Waals surface area contributed by atoms with E-state index in [-0.39, 0.29) is 0 Å². The zero-order valence-corrected chi connectivity index (χ0v) is 10.6. The van der Waals surface area contributed by atoms with Crippen molar-refractivity contribution in [3.63, 3.8) is 0 Å². The molecule has 1 unspecified atom stereocenters. The lowest BCUT2D eigenvalue weighted by atomic mass is 9.98. The maximum atomic E-state index is 11.1. The molecule has 1 atom stereocenters. The van der Waals surface area contributed by atoms with Crippen LogP contribution in [0.1, 0.15) is 31.2 Å². The summed E-state index contributed by atoms with van der Waals surface area (Å²) >= 11 is 6.16. The van der Waals surface area contributed by atoms with Gasteiger partial charge in [-0.25, -0.2) is 0 Å². The summed E-state index contributed by atoms with van der Waals surface area (Å²) in [5, 5.41) is 9.70. The number of nitrogens with zero attached hydrogens (tertiary/aromatic N) is 1. The lowest BCUT2D eigenvalue weighted by Crippen LogP contribution is -2.21. The molecule has 4 heteroatoms. The fraction of sp³-hybridized carbons (Fsp3) is 0.462. The SMILES string of the molecule is CC(C(=O)O)c1c(Cl)cccc1N1CCCC1. The summed E-state index contributed by atoms with van der Waals surface area (Å²) in [7, 11) is 0. The molecule has 3 nitrogen and oxygen atoms in total. The first-order valence-corrected chi connectivity index (χ1v) is 6.25. The van der Waals surface area contributed by atoms with Crippen LogP contribution in [0.15, 0.2) is 18.2 Å². The Kier molecular flexibility index (Phi) is 3.57. The van der Waals surface area contributed by atoms with Crippen LogP contribution in [-0.4, -0.2) is 24.2 Å². The topological polar surface area (TPSA) is 40.5 Å². The van der Waals surface area contributed by atoms with Gasteiger partial charge in [0.1, 0.15) is 0 Å². The fourth-order valence-corrected chi connectivity index (χ4v) is 2.64. The number of hydrogen-bond acceptors (Lipinski definition) is 2. The molecule has 92 valence electrons. The van der Waals surface area contributed by atoms with Gasteiger partial charge in [-0.2, -0.15) is 0 Å². The second-order valence-corrected chi connectivity index (χ2v) is 4.83. The van der Waals surface area contributed by atoms with Crippen LogP contribution in [-0.2, 0) is 4.79 Å². The summed E-state index contributed by atoms with van der Waals surface area (Å²) < 4.78 is 0. The van der Waals surface area contributed by atoms with Crippen LogP contribution in [0.4, 0.5) is 5.69 Å². The fourth-order valence-electron chi connectivity index (χ4n) is 2.31. The molecule has 0 spiro atoms. The van der Waals surface area contributed by atoms with E-state index in [4.69, 9.17) is 16.7 Å². The van der Waals surface area contributed by atoms with E-state index in [0.717, 1.165) is 37.2 Å². The monoisotopic (exact) mass is 253 g/mol. The van der Waals surface area contributed by atoms with Crippen molar-refractivity contribution in [3.05, 3.63) is 28.8 Å². The van der Waals surface area contributed by atoms with Crippen LogP contribution < -0.4 is 4.90 Å². The minimum Gasteiger partial charge on any atom is -0.481 e. The third-order valence-electron chi connectivity index (χ3n) is 3.28. The van der Waals surface area contributed by atoms with Crippen LogP contribution in [0.3, 0.4) is 0 Å². The molecule has 17 heavy (non-hydrogen) atoms. The van der Waals surface area contributed by atoms with E-state index in [1.165, 1.54) is 0 Å². The van der Waals surface area contributed by atoms with Gasteiger partial charge in [-0.3, -0.25) is 4.79 Å². The Hall–Kier alpha value is -1.22. The molecule has 0 bridgehead atoms. The number of carboxylic acid groups (broad SMARTS) is 1. The molecule has 0 aliphatic carbocycles. The molecule has 1 N–H and O–H groups in total. The van der Waals surface area contributed by atoms with E-state index in [2.05, 4.69) is 4.90 Å². The Morgan fingerprint density at radius 1 is 1.41 bits per heavy atom. The molecule has 1 aliphatic heterocycles. The molecule has 2 rings (SSSR count). The molecule has 1 saturated heterocycles. The summed E-state index contributed by atoms with van der Waals surface area (Å²) in [6, 6.07) is 5.61. The number of rotatable bonds is 3. The van der Waals surface area contributed by atoms with Crippen LogP contribution in [0.2, 0.25) is 5.02 Å². The van der Waals surface area contributed by atoms with Crippen LogP contribution in [0.5, 0.6) is 0 Å². The van der Waals surface area contributed by atoms with Gasteiger partial charge in [0.25, 0.3) is 0 Å². The second kappa shape index (κ2) is 4.96. The largest absolute Gasteiger partial charge is 0.481 e. The van der Waals surface area contributed by atoms with E-state index in [1.54, 1.807) is 13.0 Å². The minimum absolute atomic E-state index is 0.546. The minimum atomic E-state index is -0.835. The summed E-state index contributed by atoms with van der Waals surface area (Å²) in [5.74, 6) is -1.40. The van der Waals surface area contributed by atoms with E-state index in [0.29, 0.717) is 5.02 Å². The lowest BCUT2D eigenvalue weighted by molar-refractivity contribution is -0.138. The predicted octanol–water partition coefficient (Wildman–Crippen LogP) is 3.13. The molecule has 0 amide bonds. The van der Waals surface area contributed by atoms with Crippen LogP contribution in [0.25, 0.3) is 0 Å². The van der Waals surface area contributed by atoms with E-state index in [9.17, 15) is 4.79 Å². The number of halogens is 1. The molecule has 0 saturated carbocycles. The molecular formula is C13H16ClNO2. The van der Waals surface area contributed by atoms with E-state index >= 15 is 0 Å². The standard InChI is InChI=1S/C13H16ClNO2/c1-9(13(16)17)12-10(14)5-4-6-11(12)15-7-2-3-8-15/h4-6,9H,2-3,7-8H2,1H3,(H,16,17).